The molecule has 0 radical (unpaired) electrons. The number of nitrogens with zero attached hydrogens (tertiary/aromatic N) is 3. The summed E-state index contributed by atoms with van der Waals surface area (Å²) in [5, 5.41) is 2.16. The van der Waals surface area contributed by atoms with E-state index in [0.29, 0.717) is 26.2 Å². The second-order valence-electron chi connectivity index (χ2n) is 9.73. The van der Waals surface area contributed by atoms with E-state index in [9.17, 15) is 14.0 Å². The molecule has 0 aliphatic carbocycles. The van der Waals surface area contributed by atoms with Gasteiger partial charge in [0.15, 0.2) is 0 Å². The summed E-state index contributed by atoms with van der Waals surface area (Å²) in [6.07, 6.45) is 1.21. The van der Waals surface area contributed by atoms with Gasteiger partial charge in [-0.05, 0) is 66.1 Å². The van der Waals surface area contributed by atoms with Crippen LogP contribution in [0, 0.1) is 12.7 Å². The molecule has 5 rings (SSSR count). The highest BCUT2D eigenvalue weighted by Crippen LogP contribution is 2.40. The van der Waals surface area contributed by atoms with Crippen LogP contribution >= 0.6 is 11.3 Å². The molecule has 0 bridgehead atoms. The zero-order valence-corrected chi connectivity index (χ0v) is 21.6. The number of carbonyl (C=O) groups is 2. The molecule has 2 aliphatic rings. The van der Waals surface area contributed by atoms with Crippen molar-refractivity contribution in [3.05, 3.63) is 92.9 Å². The van der Waals surface area contributed by atoms with E-state index in [4.69, 9.17) is 0 Å². The highest BCUT2D eigenvalue weighted by molar-refractivity contribution is 7.10. The van der Waals surface area contributed by atoms with Crippen LogP contribution in [0.4, 0.5) is 4.39 Å². The van der Waals surface area contributed by atoms with Crippen LogP contribution in [0.1, 0.15) is 40.1 Å². The van der Waals surface area contributed by atoms with Gasteiger partial charge in [0.25, 0.3) is 0 Å². The van der Waals surface area contributed by atoms with Gasteiger partial charge >= 0.3 is 0 Å². The Morgan fingerprint density at radius 2 is 1.64 bits per heavy atom. The maximum absolute atomic E-state index is 13.7. The summed E-state index contributed by atoms with van der Waals surface area (Å²) >= 11 is 1.81. The minimum absolute atomic E-state index is 0.0161. The lowest BCUT2D eigenvalue weighted by Crippen LogP contribution is -2.56. The van der Waals surface area contributed by atoms with Crippen molar-refractivity contribution in [2.75, 3.05) is 32.7 Å². The molecular weight excluding hydrogens is 473 g/mol. The molecule has 3 aromatic rings. The molecule has 0 unspecified atom stereocenters. The predicted molar refractivity (Wildman–Crippen MR) is 140 cm³/mol. The number of amides is 2. The minimum Gasteiger partial charge on any atom is -0.339 e. The Bertz CT molecular complexity index is 1230. The molecule has 3 heterocycles. The second kappa shape index (κ2) is 10.5. The van der Waals surface area contributed by atoms with E-state index in [2.05, 4.69) is 47.5 Å². The number of aryl methyl sites for hydroxylation is 1. The Morgan fingerprint density at radius 1 is 0.944 bits per heavy atom. The lowest BCUT2D eigenvalue weighted by molar-refractivity contribution is -0.143. The van der Waals surface area contributed by atoms with E-state index in [0.717, 1.165) is 18.5 Å². The van der Waals surface area contributed by atoms with Crippen molar-refractivity contribution in [2.24, 2.45) is 0 Å². The van der Waals surface area contributed by atoms with Gasteiger partial charge in [-0.15, -0.1) is 11.3 Å². The Kier molecular flexibility index (Phi) is 7.21. The number of fused-ring (bicyclic) bond motifs is 1. The third-order valence-corrected chi connectivity index (χ3v) is 8.55. The molecule has 2 amide bonds. The van der Waals surface area contributed by atoms with Gasteiger partial charge in [0, 0.05) is 37.6 Å². The molecule has 36 heavy (non-hydrogen) atoms. The SMILES string of the molecule is Cc1ccccc1[C@@H]1c2ccsc2CCN1[C@H](C)C(=O)N1CCN(C(=O)Cc2ccc(F)cc2)CC1. The fourth-order valence-electron chi connectivity index (χ4n) is 5.46. The molecule has 5 nitrogen and oxygen atoms in total. The van der Waals surface area contributed by atoms with Gasteiger partial charge < -0.3 is 9.80 Å². The molecule has 188 valence electrons. The molecule has 0 N–H and O–H groups in total. The molecular formula is C29H32FN3O2S. The summed E-state index contributed by atoms with van der Waals surface area (Å²) in [4.78, 5) is 33.9. The monoisotopic (exact) mass is 505 g/mol. The molecule has 0 saturated carbocycles. The first-order valence-corrected chi connectivity index (χ1v) is 13.5. The van der Waals surface area contributed by atoms with Crippen LogP contribution in [0.25, 0.3) is 0 Å². The van der Waals surface area contributed by atoms with Gasteiger partial charge in [-0.3, -0.25) is 14.5 Å². The predicted octanol–water partition coefficient (Wildman–Crippen LogP) is 4.45. The fourth-order valence-corrected chi connectivity index (χ4v) is 6.37. The summed E-state index contributed by atoms with van der Waals surface area (Å²) in [5.41, 5.74) is 4.61. The van der Waals surface area contributed by atoms with Crippen molar-refractivity contribution in [1.82, 2.24) is 14.7 Å². The minimum atomic E-state index is -0.305. The third kappa shape index (κ3) is 4.95. The van der Waals surface area contributed by atoms with Crippen LogP contribution < -0.4 is 0 Å². The first-order chi connectivity index (χ1) is 17.4. The standard InChI is InChI=1S/C29H32FN3O2S/c1-20-5-3-4-6-24(20)28-25-12-18-36-26(25)11-13-33(28)21(2)29(35)32-16-14-31(15-17-32)27(34)19-22-7-9-23(30)10-8-22/h3-10,12,18,21,28H,11,13-17,19H2,1-2H3/t21-,28-/m1/s1. The van der Waals surface area contributed by atoms with Crippen LogP contribution in [-0.2, 0) is 22.4 Å². The molecule has 2 atom stereocenters. The molecule has 1 fully saturated rings. The van der Waals surface area contributed by atoms with Crippen molar-refractivity contribution >= 4 is 23.2 Å². The van der Waals surface area contributed by atoms with Crippen molar-refractivity contribution in [1.29, 1.82) is 0 Å². The van der Waals surface area contributed by atoms with Gasteiger partial charge in [-0.1, -0.05) is 36.4 Å². The van der Waals surface area contributed by atoms with Gasteiger partial charge in [0.2, 0.25) is 11.8 Å². The van der Waals surface area contributed by atoms with Gasteiger partial charge in [-0.25, -0.2) is 4.39 Å². The number of hydrogen-bond donors (Lipinski definition) is 0. The third-order valence-electron chi connectivity index (χ3n) is 7.55. The quantitative estimate of drug-likeness (QED) is 0.515. The lowest BCUT2D eigenvalue weighted by Gasteiger charge is -2.43. The Balaban J connectivity index is 1.25. The average molecular weight is 506 g/mol. The maximum atomic E-state index is 13.7. The van der Waals surface area contributed by atoms with E-state index in [1.807, 2.05) is 16.7 Å². The van der Waals surface area contributed by atoms with Crippen molar-refractivity contribution in [3.63, 3.8) is 0 Å². The first-order valence-electron chi connectivity index (χ1n) is 12.6. The number of thiophene rings is 1. The van der Waals surface area contributed by atoms with Crippen LogP contribution in [0.2, 0.25) is 0 Å². The molecule has 1 saturated heterocycles. The molecule has 0 spiro atoms. The lowest BCUT2D eigenvalue weighted by atomic mass is 9.89. The largest absolute Gasteiger partial charge is 0.339 e. The van der Waals surface area contributed by atoms with E-state index in [1.54, 1.807) is 23.5 Å². The topological polar surface area (TPSA) is 43.9 Å². The highest BCUT2D eigenvalue weighted by atomic mass is 32.1. The van der Waals surface area contributed by atoms with Gasteiger partial charge in [0.1, 0.15) is 5.82 Å². The number of rotatable bonds is 5. The summed E-state index contributed by atoms with van der Waals surface area (Å²) < 4.78 is 13.2. The molecule has 2 aromatic carbocycles. The normalized spacial score (nSPS) is 19.1. The number of piperazine rings is 1. The van der Waals surface area contributed by atoms with Crippen LogP contribution in [0.15, 0.2) is 60.0 Å². The molecule has 7 heteroatoms. The van der Waals surface area contributed by atoms with Crippen LogP contribution in [0.3, 0.4) is 0 Å². The van der Waals surface area contributed by atoms with Crippen molar-refractivity contribution in [2.45, 2.75) is 38.8 Å². The van der Waals surface area contributed by atoms with E-state index >= 15 is 0 Å². The maximum Gasteiger partial charge on any atom is 0.239 e. The smallest absolute Gasteiger partial charge is 0.239 e. The van der Waals surface area contributed by atoms with E-state index < -0.39 is 0 Å². The van der Waals surface area contributed by atoms with E-state index in [-0.39, 0.29) is 36.1 Å². The summed E-state index contributed by atoms with van der Waals surface area (Å²) in [5.74, 6) is -0.165. The zero-order valence-electron chi connectivity index (χ0n) is 20.8. The Labute approximate surface area is 216 Å². The zero-order chi connectivity index (χ0) is 25.2. The fraction of sp³-hybridized carbons (Fsp3) is 0.379. The summed E-state index contributed by atoms with van der Waals surface area (Å²) in [7, 11) is 0. The van der Waals surface area contributed by atoms with E-state index in [1.165, 1.54) is 33.7 Å². The first kappa shape index (κ1) is 24.7. The average Bonchev–Trinajstić information content (AvgIpc) is 3.38. The van der Waals surface area contributed by atoms with Crippen LogP contribution in [-0.4, -0.2) is 65.3 Å². The number of halogens is 1. The summed E-state index contributed by atoms with van der Waals surface area (Å²) in [6, 6.07) is 16.5. The number of hydrogen-bond acceptors (Lipinski definition) is 4. The molecule has 2 aliphatic heterocycles. The second-order valence-corrected chi connectivity index (χ2v) is 10.7. The molecule has 1 aromatic heterocycles. The van der Waals surface area contributed by atoms with Crippen molar-refractivity contribution in [3.8, 4) is 0 Å². The number of benzene rings is 2. The Hall–Kier alpha value is -3.03. The summed E-state index contributed by atoms with van der Waals surface area (Å²) in [6.45, 7) is 7.12. The van der Waals surface area contributed by atoms with Gasteiger partial charge in [0.05, 0.1) is 18.5 Å². The Morgan fingerprint density at radius 3 is 2.36 bits per heavy atom. The highest BCUT2D eigenvalue weighted by Gasteiger charge is 2.37. The van der Waals surface area contributed by atoms with Crippen molar-refractivity contribution < 1.29 is 14.0 Å². The number of carbonyl (C=O) groups excluding carboxylic acids is 2. The van der Waals surface area contributed by atoms with Crippen LogP contribution in [0.5, 0.6) is 0 Å². The van der Waals surface area contributed by atoms with Gasteiger partial charge in [-0.2, -0.15) is 0 Å².